The predicted octanol–water partition coefficient (Wildman–Crippen LogP) is -0.792. The number of ether oxygens (including phenoxy) is 1. The smallest absolute Gasteiger partial charge is 0.323 e. The molecule has 0 aromatic carbocycles. The van der Waals surface area contributed by atoms with Crippen LogP contribution in [0.25, 0.3) is 0 Å². The van der Waals surface area contributed by atoms with Crippen molar-refractivity contribution in [3.63, 3.8) is 0 Å². The van der Waals surface area contributed by atoms with Crippen molar-refractivity contribution >= 4 is 6.47 Å². The molecule has 0 radical (unpaired) electrons. The Morgan fingerprint density at radius 2 is 2.25 bits per heavy atom. The fraction of sp³-hybridized carbons (Fsp3) is 0.750. The van der Waals surface area contributed by atoms with Crippen LogP contribution in [0.1, 0.15) is 13.3 Å². The van der Waals surface area contributed by atoms with Crippen LogP contribution in [0.2, 0.25) is 0 Å². The number of hydrogen-bond donors (Lipinski definition) is 2. The number of hydrogen-bond acceptors (Lipinski definition) is 4. The van der Waals surface area contributed by atoms with Gasteiger partial charge in [0, 0.05) is 6.42 Å². The summed E-state index contributed by atoms with van der Waals surface area (Å²) in [6.45, 7) is 1.47. The number of carbonyl (C=O) groups is 1. The van der Waals surface area contributed by atoms with E-state index in [9.17, 15) is 4.79 Å². The van der Waals surface area contributed by atoms with Crippen LogP contribution in [0.3, 0.4) is 0 Å². The molecule has 0 aliphatic heterocycles. The molecule has 0 aromatic heterocycles. The summed E-state index contributed by atoms with van der Waals surface area (Å²) in [5.74, 6) is -2.28. The van der Waals surface area contributed by atoms with Crippen LogP contribution >= 0.6 is 0 Å². The molecule has 0 heterocycles. The van der Waals surface area contributed by atoms with E-state index in [1.54, 1.807) is 0 Å². The molecule has 0 spiro atoms. The third kappa shape index (κ3) is 2.54. The Kier molecular flexibility index (Phi) is 2.44. The Morgan fingerprint density at radius 3 is 2.38 bits per heavy atom. The minimum atomic E-state index is -2.28. The molecule has 0 fully saturated rings. The van der Waals surface area contributed by atoms with Crippen LogP contribution in [0, 0.1) is 0 Å². The third-order valence-electron chi connectivity index (χ3n) is 0.697. The number of carbonyl (C=O) groups excluding carboxylic acids is 1. The van der Waals surface area contributed by atoms with E-state index < -0.39 is 5.97 Å². The van der Waals surface area contributed by atoms with Crippen LogP contribution in [0.4, 0.5) is 0 Å². The number of rotatable bonds is 3. The summed E-state index contributed by atoms with van der Waals surface area (Å²) in [6, 6.07) is 0. The van der Waals surface area contributed by atoms with E-state index in [0.717, 1.165) is 0 Å². The van der Waals surface area contributed by atoms with Crippen molar-refractivity contribution in [1.82, 2.24) is 0 Å². The van der Waals surface area contributed by atoms with Crippen molar-refractivity contribution in [2.75, 3.05) is 0 Å². The van der Waals surface area contributed by atoms with Gasteiger partial charge in [-0.3, -0.25) is 4.79 Å². The zero-order chi connectivity index (χ0) is 6.62. The highest BCUT2D eigenvalue weighted by atomic mass is 16.8. The highest BCUT2D eigenvalue weighted by molar-refractivity contribution is 5.37. The topological polar surface area (TPSA) is 66.8 Å². The lowest BCUT2D eigenvalue weighted by atomic mass is 10.4. The molecule has 0 aliphatic carbocycles. The van der Waals surface area contributed by atoms with E-state index in [2.05, 4.69) is 4.74 Å². The highest BCUT2D eigenvalue weighted by Crippen LogP contribution is 2.03. The molecule has 2 N–H and O–H groups in total. The Labute approximate surface area is 46.7 Å². The first-order chi connectivity index (χ1) is 3.62. The molecule has 0 aliphatic rings. The molecule has 0 saturated carbocycles. The Morgan fingerprint density at radius 1 is 1.75 bits per heavy atom. The zero-order valence-corrected chi connectivity index (χ0v) is 4.50. The minimum Gasteiger partial charge on any atom is -0.410 e. The summed E-state index contributed by atoms with van der Waals surface area (Å²) < 4.78 is 3.81. The van der Waals surface area contributed by atoms with Crippen molar-refractivity contribution in [2.45, 2.75) is 19.3 Å². The van der Waals surface area contributed by atoms with Crippen LogP contribution < -0.4 is 0 Å². The first-order valence-corrected chi connectivity index (χ1v) is 2.18. The predicted molar refractivity (Wildman–Crippen MR) is 24.6 cm³/mol. The Hall–Kier alpha value is -0.610. The van der Waals surface area contributed by atoms with Crippen LogP contribution in [0.5, 0.6) is 0 Å². The molecule has 0 atom stereocenters. The summed E-state index contributed by atoms with van der Waals surface area (Å²) in [7, 11) is 0. The first-order valence-electron chi connectivity index (χ1n) is 2.18. The highest BCUT2D eigenvalue weighted by Gasteiger charge is 2.20. The van der Waals surface area contributed by atoms with Gasteiger partial charge in [0.05, 0.1) is 0 Å². The van der Waals surface area contributed by atoms with Gasteiger partial charge in [-0.25, -0.2) is 0 Å². The lowest BCUT2D eigenvalue weighted by molar-refractivity contribution is -0.313. The maximum atomic E-state index is 9.44. The summed E-state index contributed by atoms with van der Waals surface area (Å²) in [5, 5.41) is 16.9. The van der Waals surface area contributed by atoms with E-state index in [1.165, 1.54) is 6.92 Å². The number of aliphatic hydroxyl groups is 2. The van der Waals surface area contributed by atoms with E-state index >= 15 is 0 Å². The summed E-state index contributed by atoms with van der Waals surface area (Å²) >= 11 is 0. The van der Waals surface area contributed by atoms with Gasteiger partial charge in [0.2, 0.25) is 0 Å². The first kappa shape index (κ1) is 7.39. The van der Waals surface area contributed by atoms with Gasteiger partial charge >= 0.3 is 5.97 Å². The van der Waals surface area contributed by atoms with Crippen molar-refractivity contribution in [3.05, 3.63) is 0 Å². The van der Waals surface area contributed by atoms with Crippen LogP contribution in [0.15, 0.2) is 0 Å². The molecule has 4 heteroatoms. The van der Waals surface area contributed by atoms with Crippen molar-refractivity contribution < 1.29 is 19.7 Å². The molecule has 0 aromatic rings. The van der Waals surface area contributed by atoms with Crippen LogP contribution in [-0.2, 0) is 9.53 Å². The normalized spacial score (nSPS) is 10.9. The molecule has 0 bridgehead atoms. The Balaban J connectivity index is 3.53. The van der Waals surface area contributed by atoms with E-state index in [-0.39, 0.29) is 12.9 Å². The average Bonchev–Trinajstić information content (AvgIpc) is 1.67. The van der Waals surface area contributed by atoms with E-state index in [4.69, 9.17) is 10.2 Å². The molecule has 4 nitrogen and oxygen atoms in total. The standard InChI is InChI=1S/C4H8O4/c1-2-4(6,7)8-3-5/h3,6-7H,2H2,1H3. The van der Waals surface area contributed by atoms with Gasteiger partial charge in [0.25, 0.3) is 6.47 Å². The third-order valence-corrected chi connectivity index (χ3v) is 0.697. The fourth-order valence-corrected chi connectivity index (χ4v) is 0.160. The van der Waals surface area contributed by atoms with Gasteiger partial charge in [-0.15, -0.1) is 0 Å². The Bertz CT molecular complexity index is 78.1. The van der Waals surface area contributed by atoms with Gasteiger partial charge in [-0.1, -0.05) is 6.92 Å². The lowest BCUT2D eigenvalue weighted by Crippen LogP contribution is -2.29. The van der Waals surface area contributed by atoms with Gasteiger partial charge in [-0.2, -0.15) is 0 Å². The van der Waals surface area contributed by atoms with Gasteiger partial charge < -0.3 is 14.9 Å². The quantitative estimate of drug-likeness (QED) is 0.378. The van der Waals surface area contributed by atoms with Gasteiger partial charge in [0.1, 0.15) is 0 Å². The molecular weight excluding hydrogens is 112 g/mol. The van der Waals surface area contributed by atoms with Gasteiger partial charge in [-0.05, 0) is 0 Å². The largest absolute Gasteiger partial charge is 0.410 e. The summed E-state index contributed by atoms with van der Waals surface area (Å²) in [6.07, 6.45) is -0.0360. The molecule has 48 valence electrons. The second-order valence-electron chi connectivity index (χ2n) is 1.31. The van der Waals surface area contributed by atoms with Crippen molar-refractivity contribution in [3.8, 4) is 0 Å². The molecule has 0 rings (SSSR count). The second kappa shape index (κ2) is 2.64. The summed E-state index contributed by atoms with van der Waals surface area (Å²) in [4.78, 5) is 9.44. The molecule has 0 unspecified atom stereocenters. The molecular formula is C4H8O4. The average molecular weight is 120 g/mol. The SMILES string of the molecule is CCC(O)(O)OC=O. The lowest BCUT2D eigenvalue weighted by Gasteiger charge is -2.15. The zero-order valence-electron chi connectivity index (χ0n) is 4.50. The maximum absolute atomic E-state index is 9.44. The monoisotopic (exact) mass is 120 g/mol. The van der Waals surface area contributed by atoms with E-state index in [0.29, 0.717) is 0 Å². The fourth-order valence-electron chi connectivity index (χ4n) is 0.160. The molecule has 8 heavy (non-hydrogen) atoms. The van der Waals surface area contributed by atoms with Crippen molar-refractivity contribution in [1.29, 1.82) is 0 Å². The van der Waals surface area contributed by atoms with E-state index in [1.807, 2.05) is 0 Å². The second-order valence-corrected chi connectivity index (χ2v) is 1.31. The molecule has 0 saturated heterocycles. The maximum Gasteiger partial charge on any atom is 0.323 e. The molecule has 0 amide bonds. The van der Waals surface area contributed by atoms with Crippen LogP contribution in [-0.4, -0.2) is 22.7 Å². The summed E-state index contributed by atoms with van der Waals surface area (Å²) in [5.41, 5.74) is 0. The minimum absolute atomic E-state index is 0.0104. The van der Waals surface area contributed by atoms with Crippen molar-refractivity contribution in [2.24, 2.45) is 0 Å². The van der Waals surface area contributed by atoms with Gasteiger partial charge in [0.15, 0.2) is 0 Å².